The van der Waals surface area contributed by atoms with Gasteiger partial charge in [-0.15, -0.1) is 0 Å². The van der Waals surface area contributed by atoms with E-state index in [0.29, 0.717) is 19.0 Å². The minimum absolute atomic E-state index is 0.0969. The van der Waals surface area contributed by atoms with Gasteiger partial charge in [-0.05, 0) is 36.3 Å². The molecule has 8 heteroatoms. The van der Waals surface area contributed by atoms with Crippen molar-refractivity contribution in [2.75, 3.05) is 13.2 Å². The lowest BCUT2D eigenvalue weighted by atomic mass is 9.77. The van der Waals surface area contributed by atoms with E-state index in [4.69, 9.17) is 14.3 Å². The summed E-state index contributed by atoms with van der Waals surface area (Å²) in [6.45, 7) is 11.5. The van der Waals surface area contributed by atoms with Crippen LogP contribution in [0.1, 0.15) is 31.1 Å². The van der Waals surface area contributed by atoms with E-state index in [1.165, 1.54) is 18.2 Å². The number of aromatic carboxylic acids is 1. The fourth-order valence-corrected chi connectivity index (χ4v) is 2.74. The quantitative estimate of drug-likeness (QED) is 0.514. The maximum atomic E-state index is 11.0. The zero-order chi connectivity index (χ0) is 17.8. The van der Waals surface area contributed by atoms with Gasteiger partial charge in [0.1, 0.15) is 12.4 Å². The SMILES string of the molecule is CC(C)(C)[Si](C)(C)OCCOc1ccc(C(=O)O)c(B(O)O)c1. The molecule has 0 atom stereocenters. The molecule has 1 aromatic carbocycles. The number of carboxylic acid groups (broad SMARTS) is 1. The predicted octanol–water partition coefficient (Wildman–Crippen LogP) is 1.47. The highest BCUT2D eigenvalue weighted by molar-refractivity contribution is 6.74. The summed E-state index contributed by atoms with van der Waals surface area (Å²) in [5.41, 5.74) is -0.259. The average Bonchev–Trinajstić information content (AvgIpc) is 2.41. The first-order valence-corrected chi connectivity index (χ1v) is 10.4. The maximum absolute atomic E-state index is 11.0. The highest BCUT2D eigenvalue weighted by Crippen LogP contribution is 2.36. The fourth-order valence-electron chi connectivity index (χ4n) is 1.71. The van der Waals surface area contributed by atoms with Crippen LogP contribution in [-0.4, -0.2) is 49.8 Å². The second kappa shape index (κ2) is 7.48. The first-order chi connectivity index (χ1) is 10.5. The lowest BCUT2D eigenvalue weighted by molar-refractivity contribution is 0.0697. The molecule has 128 valence electrons. The molecular formula is C15H25BO6Si. The van der Waals surface area contributed by atoms with E-state index in [9.17, 15) is 14.8 Å². The molecule has 0 aliphatic heterocycles. The first kappa shape index (κ1) is 19.7. The molecule has 3 N–H and O–H groups in total. The summed E-state index contributed by atoms with van der Waals surface area (Å²) in [5, 5.41) is 27.6. The average molecular weight is 340 g/mol. The molecule has 0 aliphatic rings. The molecule has 1 aromatic rings. The van der Waals surface area contributed by atoms with Gasteiger partial charge in [0.15, 0.2) is 8.32 Å². The zero-order valence-electron chi connectivity index (χ0n) is 14.3. The van der Waals surface area contributed by atoms with Crippen LogP contribution in [0.25, 0.3) is 0 Å². The van der Waals surface area contributed by atoms with Crippen molar-refractivity contribution in [3.8, 4) is 5.75 Å². The van der Waals surface area contributed by atoms with Gasteiger partial charge in [0.2, 0.25) is 0 Å². The van der Waals surface area contributed by atoms with Gasteiger partial charge in [-0.3, -0.25) is 0 Å². The highest BCUT2D eigenvalue weighted by atomic mass is 28.4. The maximum Gasteiger partial charge on any atom is 0.489 e. The fraction of sp³-hybridized carbons (Fsp3) is 0.533. The number of carbonyl (C=O) groups is 1. The lowest BCUT2D eigenvalue weighted by Crippen LogP contribution is -2.41. The van der Waals surface area contributed by atoms with Crippen molar-refractivity contribution >= 4 is 26.9 Å². The van der Waals surface area contributed by atoms with Gasteiger partial charge >= 0.3 is 13.1 Å². The Bertz CT molecular complexity index is 553. The van der Waals surface area contributed by atoms with Crippen LogP contribution >= 0.6 is 0 Å². The molecular weight excluding hydrogens is 315 g/mol. The summed E-state index contributed by atoms with van der Waals surface area (Å²) in [6.07, 6.45) is 0. The van der Waals surface area contributed by atoms with E-state index in [-0.39, 0.29) is 16.1 Å². The minimum Gasteiger partial charge on any atom is -0.491 e. The molecule has 0 amide bonds. The first-order valence-electron chi connectivity index (χ1n) is 7.46. The van der Waals surface area contributed by atoms with Crippen LogP contribution in [0, 0.1) is 0 Å². The van der Waals surface area contributed by atoms with Crippen LogP contribution in [0.5, 0.6) is 5.75 Å². The number of ether oxygens (including phenoxy) is 1. The Morgan fingerprint density at radius 2 is 1.83 bits per heavy atom. The van der Waals surface area contributed by atoms with E-state index < -0.39 is 21.4 Å². The number of rotatable bonds is 7. The van der Waals surface area contributed by atoms with Gasteiger partial charge in [-0.25, -0.2) is 4.79 Å². The molecule has 0 heterocycles. The molecule has 23 heavy (non-hydrogen) atoms. The summed E-state index contributed by atoms with van der Waals surface area (Å²) >= 11 is 0. The van der Waals surface area contributed by atoms with Gasteiger partial charge < -0.3 is 24.3 Å². The molecule has 0 saturated heterocycles. The zero-order valence-corrected chi connectivity index (χ0v) is 15.3. The Morgan fingerprint density at radius 1 is 1.22 bits per heavy atom. The van der Waals surface area contributed by atoms with Crippen molar-refractivity contribution in [2.24, 2.45) is 0 Å². The third kappa shape index (κ3) is 5.35. The van der Waals surface area contributed by atoms with E-state index in [2.05, 4.69) is 33.9 Å². The smallest absolute Gasteiger partial charge is 0.489 e. The standard InChI is InChI=1S/C15H25BO6Si/c1-15(2,3)23(4,5)22-9-8-21-11-6-7-12(14(17)18)13(10-11)16(19)20/h6-7,10,19-20H,8-9H2,1-5H3,(H,17,18). The Hall–Kier alpha value is -1.35. The largest absolute Gasteiger partial charge is 0.491 e. The van der Waals surface area contributed by atoms with Crippen molar-refractivity contribution in [3.63, 3.8) is 0 Å². The normalized spacial score (nSPS) is 12.1. The third-order valence-corrected chi connectivity index (χ3v) is 8.69. The minimum atomic E-state index is -1.87. The molecule has 0 aromatic heterocycles. The number of hydrogen-bond acceptors (Lipinski definition) is 5. The van der Waals surface area contributed by atoms with Crippen LogP contribution in [-0.2, 0) is 4.43 Å². The van der Waals surface area contributed by atoms with E-state index in [1.807, 2.05) is 0 Å². The van der Waals surface area contributed by atoms with Crippen LogP contribution in [0.4, 0.5) is 0 Å². The van der Waals surface area contributed by atoms with Crippen LogP contribution in [0.2, 0.25) is 18.1 Å². The second-order valence-electron chi connectivity index (χ2n) is 6.89. The predicted molar refractivity (Wildman–Crippen MR) is 91.9 cm³/mol. The van der Waals surface area contributed by atoms with Gasteiger partial charge in [0, 0.05) is 5.46 Å². The van der Waals surface area contributed by atoms with Gasteiger partial charge in [-0.2, -0.15) is 0 Å². The van der Waals surface area contributed by atoms with Crippen LogP contribution < -0.4 is 10.2 Å². The third-order valence-electron chi connectivity index (χ3n) is 4.15. The van der Waals surface area contributed by atoms with Crippen LogP contribution in [0.3, 0.4) is 0 Å². The van der Waals surface area contributed by atoms with Crippen molar-refractivity contribution in [3.05, 3.63) is 23.8 Å². The number of benzene rings is 1. The van der Waals surface area contributed by atoms with Gasteiger partial charge in [-0.1, -0.05) is 20.8 Å². The topological polar surface area (TPSA) is 96.2 Å². The van der Waals surface area contributed by atoms with Gasteiger partial charge in [0.05, 0.1) is 12.2 Å². The number of carboxylic acids is 1. The Morgan fingerprint density at radius 3 is 2.30 bits per heavy atom. The van der Waals surface area contributed by atoms with Crippen molar-refractivity contribution in [1.29, 1.82) is 0 Å². The van der Waals surface area contributed by atoms with Crippen molar-refractivity contribution < 1.29 is 29.1 Å². The summed E-state index contributed by atoms with van der Waals surface area (Å²) in [6, 6.07) is 4.10. The molecule has 0 radical (unpaired) electrons. The van der Waals surface area contributed by atoms with Crippen molar-refractivity contribution in [1.82, 2.24) is 0 Å². The highest BCUT2D eigenvalue weighted by Gasteiger charge is 2.36. The summed E-state index contributed by atoms with van der Waals surface area (Å²) in [4.78, 5) is 11.0. The Balaban J connectivity index is 2.66. The molecule has 1 rings (SSSR count). The molecule has 0 aliphatic carbocycles. The van der Waals surface area contributed by atoms with E-state index >= 15 is 0 Å². The second-order valence-corrected chi connectivity index (χ2v) is 11.7. The molecule has 0 spiro atoms. The molecule has 0 saturated carbocycles. The van der Waals surface area contributed by atoms with Crippen LogP contribution in [0.15, 0.2) is 18.2 Å². The van der Waals surface area contributed by atoms with Gasteiger partial charge in [0.25, 0.3) is 0 Å². The van der Waals surface area contributed by atoms with E-state index in [1.54, 1.807) is 0 Å². The monoisotopic (exact) mass is 340 g/mol. The lowest BCUT2D eigenvalue weighted by Gasteiger charge is -2.36. The molecule has 0 unspecified atom stereocenters. The van der Waals surface area contributed by atoms with E-state index in [0.717, 1.165) is 0 Å². The summed E-state index contributed by atoms with van der Waals surface area (Å²) in [5.74, 6) is -0.849. The molecule has 0 bridgehead atoms. The summed E-state index contributed by atoms with van der Waals surface area (Å²) < 4.78 is 11.5. The Kier molecular flexibility index (Phi) is 6.41. The summed E-state index contributed by atoms with van der Waals surface area (Å²) in [7, 11) is -3.70. The Labute approximate surface area is 138 Å². The molecule has 0 fully saturated rings. The molecule has 6 nitrogen and oxygen atoms in total. The number of hydrogen-bond donors (Lipinski definition) is 3. The van der Waals surface area contributed by atoms with Crippen molar-refractivity contribution in [2.45, 2.75) is 38.9 Å².